The molecule has 3 N–H and O–H groups in total. The molecule has 0 radical (unpaired) electrons. The van der Waals surface area contributed by atoms with Crippen LogP contribution in [0.4, 0.5) is 5.69 Å². The lowest BCUT2D eigenvalue weighted by atomic mass is 9.84. The second-order valence-corrected chi connectivity index (χ2v) is 18.8. The van der Waals surface area contributed by atoms with E-state index < -0.39 is 28.7 Å². The third kappa shape index (κ3) is 11.4. The van der Waals surface area contributed by atoms with Crippen LogP contribution in [0.2, 0.25) is 0 Å². The molecular formula is C49H63N9O8. The van der Waals surface area contributed by atoms with Gasteiger partial charge in [-0.05, 0) is 150 Å². The first kappa shape index (κ1) is 46.7. The van der Waals surface area contributed by atoms with Gasteiger partial charge in [0.25, 0.3) is 29.3 Å². The predicted molar refractivity (Wildman–Crippen MR) is 246 cm³/mol. The number of nitrogens with zero attached hydrogens (tertiary/aromatic N) is 7. The van der Waals surface area contributed by atoms with Crippen LogP contribution in [0.25, 0.3) is 11.1 Å². The van der Waals surface area contributed by atoms with Crippen LogP contribution in [0.3, 0.4) is 0 Å². The van der Waals surface area contributed by atoms with Gasteiger partial charge in [-0.3, -0.25) is 29.3 Å². The second-order valence-electron chi connectivity index (χ2n) is 18.8. The average Bonchev–Trinajstić information content (AvgIpc) is 4.20. The summed E-state index contributed by atoms with van der Waals surface area (Å²) in [6.45, 7) is 6.79. The molecule has 6 heterocycles. The Labute approximate surface area is 385 Å². The average molecular weight is 906 g/mol. The zero-order valence-electron chi connectivity index (χ0n) is 37.8. The van der Waals surface area contributed by atoms with E-state index in [-0.39, 0.29) is 64.8 Å². The van der Waals surface area contributed by atoms with Crippen LogP contribution in [0.5, 0.6) is 0 Å². The summed E-state index contributed by atoms with van der Waals surface area (Å²) in [4.78, 5) is 98.5. The van der Waals surface area contributed by atoms with Crippen molar-refractivity contribution in [1.82, 2.24) is 40.2 Å². The summed E-state index contributed by atoms with van der Waals surface area (Å²) in [5, 5.41) is 27.1. The number of aryl methyl sites for hydroxylation is 1. The van der Waals surface area contributed by atoms with Crippen LogP contribution in [0, 0.1) is 16.0 Å². The molecule has 1 aromatic carbocycles. The highest BCUT2D eigenvalue weighted by molar-refractivity contribution is 6.01. The largest absolute Gasteiger partial charge is 0.480 e. The summed E-state index contributed by atoms with van der Waals surface area (Å²) < 4.78 is 0. The van der Waals surface area contributed by atoms with Crippen LogP contribution < -0.4 is 10.6 Å². The van der Waals surface area contributed by atoms with Crippen molar-refractivity contribution in [3.05, 3.63) is 87.0 Å². The summed E-state index contributed by atoms with van der Waals surface area (Å²) >= 11 is 0. The number of non-ortho nitro benzene ring substituents is 1. The first-order valence-corrected chi connectivity index (χ1v) is 24.2. The molecule has 17 heteroatoms. The van der Waals surface area contributed by atoms with Gasteiger partial charge in [-0.15, -0.1) is 0 Å². The molecule has 4 aliphatic heterocycles. The van der Waals surface area contributed by atoms with E-state index in [4.69, 9.17) is 0 Å². The third-order valence-corrected chi connectivity index (χ3v) is 14.2. The molecule has 0 spiro atoms. The molecule has 17 nitrogen and oxygen atoms in total. The van der Waals surface area contributed by atoms with Gasteiger partial charge in [0.1, 0.15) is 28.8 Å². The van der Waals surface area contributed by atoms with Crippen molar-refractivity contribution in [3.63, 3.8) is 0 Å². The number of carboxylic acid groups (broad SMARTS) is 1. The number of hydrogen-bond donors (Lipinski definition) is 3. The molecule has 4 saturated heterocycles. The lowest BCUT2D eigenvalue weighted by Gasteiger charge is -2.29. The van der Waals surface area contributed by atoms with Gasteiger partial charge in [-0.1, -0.05) is 31.4 Å². The molecule has 352 valence electrons. The lowest BCUT2D eigenvalue weighted by molar-refractivity contribution is -0.384. The molecular weight excluding hydrogens is 843 g/mol. The normalized spacial score (nSPS) is 21.0. The van der Waals surface area contributed by atoms with Crippen molar-refractivity contribution in [2.45, 2.75) is 114 Å². The van der Waals surface area contributed by atoms with Crippen LogP contribution in [0.15, 0.2) is 48.5 Å². The Morgan fingerprint density at radius 1 is 0.652 bits per heavy atom. The van der Waals surface area contributed by atoms with E-state index in [1.807, 2.05) is 9.80 Å². The number of carbonyl (C=O) groups excluding carboxylic acids is 4. The van der Waals surface area contributed by atoms with E-state index in [1.165, 1.54) is 18.2 Å². The molecule has 1 saturated carbocycles. The molecule has 3 unspecified atom stereocenters. The number of aliphatic carboxylic acids is 1. The number of likely N-dealkylation sites (tertiary alicyclic amines) is 4. The minimum atomic E-state index is -1.14. The van der Waals surface area contributed by atoms with Gasteiger partial charge in [-0.2, -0.15) is 0 Å². The van der Waals surface area contributed by atoms with Crippen molar-refractivity contribution in [3.8, 4) is 11.1 Å². The molecule has 4 amide bonds. The number of nitro groups is 1. The predicted octanol–water partition coefficient (Wildman–Crippen LogP) is 5.58. The highest BCUT2D eigenvalue weighted by Gasteiger charge is 2.36. The van der Waals surface area contributed by atoms with Crippen molar-refractivity contribution < 1.29 is 34.0 Å². The van der Waals surface area contributed by atoms with Gasteiger partial charge in [-0.25, -0.2) is 14.8 Å². The van der Waals surface area contributed by atoms with E-state index in [1.54, 1.807) is 30.3 Å². The maximum absolute atomic E-state index is 14.6. The number of pyridine rings is 2. The molecule has 66 heavy (non-hydrogen) atoms. The number of amides is 4. The Bertz CT molecular complexity index is 2260. The Morgan fingerprint density at radius 2 is 1.15 bits per heavy atom. The van der Waals surface area contributed by atoms with Crippen molar-refractivity contribution in [1.29, 1.82) is 0 Å². The Hall–Kier alpha value is -5.81. The maximum atomic E-state index is 14.6. The van der Waals surface area contributed by atoms with Crippen molar-refractivity contribution in [2.24, 2.45) is 5.92 Å². The number of carbonyl (C=O) groups is 5. The fourth-order valence-electron chi connectivity index (χ4n) is 10.7. The molecule has 3 aromatic rings. The summed E-state index contributed by atoms with van der Waals surface area (Å²) in [7, 11) is 0. The van der Waals surface area contributed by atoms with Crippen LogP contribution >= 0.6 is 0 Å². The van der Waals surface area contributed by atoms with Gasteiger partial charge in [0, 0.05) is 56.9 Å². The standard InChI is InChI=1S/C49H63N9O8/c59-45(50-20-8-11-33-16-18-37(19-17-33)58(65)66)40-27-35(29-42(51-40)47(61)56-25-9-14-38(56)31-54-21-4-5-22-54)36-28-41(46(60)53-44(49(63)64)34-12-2-1-3-13-34)52-43(30-36)48(62)57-26-10-15-39(57)32-55-23-6-7-24-55/h16-19,27-30,34,38-39,44H,1-15,20-26,31-32H2,(H,50,59)(H,53,60)(H,63,64). The van der Waals surface area contributed by atoms with Gasteiger partial charge in [0.05, 0.1) is 4.92 Å². The Morgan fingerprint density at radius 3 is 1.65 bits per heavy atom. The van der Waals surface area contributed by atoms with Gasteiger partial charge < -0.3 is 35.3 Å². The van der Waals surface area contributed by atoms with Crippen molar-refractivity contribution in [2.75, 3.05) is 58.9 Å². The van der Waals surface area contributed by atoms with Crippen LogP contribution in [-0.2, 0) is 11.2 Å². The van der Waals surface area contributed by atoms with E-state index >= 15 is 0 Å². The minimum absolute atomic E-state index is 0.000230. The number of nitro benzene ring substituents is 1. The Balaban J connectivity index is 1.12. The van der Waals surface area contributed by atoms with Gasteiger partial charge in [0.15, 0.2) is 0 Å². The van der Waals surface area contributed by atoms with Crippen LogP contribution in [-0.4, -0.2) is 146 Å². The zero-order chi connectivity index (χ0) is 46.2. The highest BCUT2D eigenvalue weighted by Crippen LogP contribution is 2.30. The van der Waals surface area contributed by atoms with E-state index in [0.29, 0.717) is 49.9 Å². The summed E-state index contributed by atoms with van der Waals surface area (Å²) in [6.07, 6.45) is 13.1. The van der Waals surface area contributed by atoms with Gasteiger partial charge >= 0.3 is 5.97 Å². The molecule has 1 aliphatic carbocycles. The monoisotopic (exact) mass is 905 g/mol. The summed E-state index contributed by atoms with van der Waals surface area (Å²) in [5.74, 6) is -3.27. The number of benzene rings is 1. The zero-order valence-corrected chi connectivity index (χ0v) is 37.8. The number of carboxylic acids is 1. The first-order valence-electron chi connectivity index (χ1n) is 24.2. The molecule has 5 aliphatic rings. The molecule has 0 bridgehead atoms. The fourth-order valence-corrected chi connectivity index (χ4v) is 10.7. The smallest absolute Gasteiger partial charge is 0.326 e. The molecule has 2 aromatic heterocycles. The summed E-state index contributed by atoms with van der Waals surface area (Å²) in [6, 6.07) is 11.3. The second kappa shape index (κ2) is 21.7. The number of rotatable bonds is 17. The number of aromatic nitrogens is 2. The summed E-state index contributed by atoms with van der Waals surface area (Å²) in [5.41, 5.74) is 1.53. The lowest BCUT2D eigenvalue weighted by Crippen LogP contribution is -2.47. The van der Waals surface area contributed by atoms with E-state index in [0.717, 1.165) is 115 Å². The first-order chi connectivity index (χ1) is 32.0. The molecule has 8 rings (SSSR count). The maximum Gasteiger partial charge on any atom is 0.326 e. The highest BCUT2D eigenvalue weighted by atomic mass is 16.6. The fraction of sp³-hybridized carbons (Fsp3) is 0.571. The van der Waals surface area contributed by atoms with E-state index in [2.05, 4.69) is 30.4 Å². The SMILES string of the molecule is O=C(NCCCc1ccc([N+](=O)[O-])cc1)c1cc(-c2cc(C(=O)NC(C(=O)O)C3CCCCC3)nc(C(=O)N3CCCC3CN3CCCC3)c2)cc(C(=O)N2CCCC2CN2CCCC2)n1. The quantitative estimate of drug-likeness (QED) is 0.0862. The number of nitrogens with one attached hydrogen (secondary N) is 2. The van der Waals surface area contributed by atoms with Crippen molar-refractivity contribution >= 4 is 35.3 Å². The van der Waals surface area contributed by atoms with E-state index in [9.17, 15) is 39.2 Å². The molecule has 3 atom stereocenters. The topological polar surface area (TPSA) is 212 Å². The molecule has 5 fully saturated rings. The Kier molecular flexibility index (Phi) is 15.3. The minimum Gasteiger partial charge on any atom is -0.480 e. The van der Waals surface area contributed by atoms with Crippen LogP contribution in [0.1, 0.15) is 137 Å². The number of hydrogen-bond acceptors (Lipinski definition) is 11. The third-order valence-electron chi connectivity index (χ3n) is 14.2. The van der Waals surface area contributed by atoms with Gasteiger partial charge in [0.2, 0.25) is 0 Å².